The number of hydrogen-bond donors (Lipinski definition) is 2. The van der Waals surface area contributed by atoms with Crippen LogP contribution in [0.5, 0.6) is 23.0 Å². The van der Waals surface area contributed by atoms with E-state index in [9.17, 15) is 14.7 Å². The van der Waals surface area contributed by atoms with E-state index in [0.717, 1.165) is 0 Å². The van der Waals surface area contributed by atoms with Gasteiger partial charge in [-0.2, -0.15) is 0 Å². The minimum absolute atomic E-state index is 0.0539. The number of amides is 1. The van der Waals surface area contributed by atoms with Crippen molar-refractivity contribution in [1.82, 2.24) is 0 Å². The van der Waals surface area contributed by atoms with Crippen LogP contribution in [0.15, 0.2) is 70.9 Å². The lowest BCUT2D eigenvalue weighted by molar-refractivity contribution is 0.0595. The Bertz CT molecular complexity index is 1150. The number of phenols is 1. The standard InChI is InChI=1S/C23H21N3O7/c1-30-19-12-14(13-20(31-2)21(19)32-3)23(29)33-26-16-10-8-15(9-11-16)24-25-22(28)17-6-4-5-7-18(17)27/h4-13,26-27H,1-3H3. The molecule has 0 atom stereocenters. The molecule has 2 N–H and O–H groups in total. The van der Waals surface area contributed by atoms with E-state index >= 15 is 0 Å². The molecule has 0 saturated carbocycles. The van der Waals surface area contributed by atoms with E-state index in [2.05, 4.69) is 15.7 Å². The van der Waals surface area contributed by atoms with Crippen LogP contribution in [0.1, 0.15) is 20.7 Å². The molecule has 3 rings (SSSR count). The Balaban J connectivity index is 1.63. The van der Waals surface area contributed by atoms with Gasteiger partial charge in [0.2, 0.25) is 5.75 Å². The van der Waals surface area contributed by atoms with Gasteiger partial charge in [-0.05, 0) is 48.5 Å². The number of nitrogens with one attached hydrogen (secondary N) is 1. The second kappa shape index (κ2) is 10.6. The number of azo groups is 1. The number of hydrogen-bond acceptors (Lipinski definition) is 9. The Kier molecular flexibility index (Phi) is 7.43. The Morgan fingerprint density at radius 3 is 2.09 bits per heavy atom. The van der Waals surface area contributed by atoms with Crippen molar-refractivity contribution in [2.75, 3.05) is 26.8 Å². The summed E-state index contributed by atoms with van der Waals surface area (Å²) in [5.74, 6) is -0.528. The Morgan fingerprint density at radius 2 is 1.52 bits per heavy atom. The molecule has 10 nitrogen and oxygen atoms in total. The molecule has 0 bridgehead atoms. The average molecular weight is 451 g/mol. The molecule has 0 aliphatic carbocycles. The Labute approximate surface area is 189 Å². The minimum Gasteiger partial charge on any atom is -0.507 e. The summed E-state index contributed by atoms with van der Waals surface area (Å²) in [6.45, 7) is 0. The number of nitrogens with zero attached hydrogens (tertiary/aromatic N) is 2. The van der Waals surface area contributed by atoms with Gasteiger partial charge >= 0.3 is 5.97 Å². The van der Waals surface area contributed by atoms with Crippen molar-refractivity contribution in [2.24, 2.45) is 10.2 Å². The molecule has 10 heteroatoms. The van der Waals surface area contributed by atoms with Crippen LogP contribution in [-0.4, -0.2) is 38.3 Å². The molecule has 0 radical (unpaired) electrons. The molecule has 0 aromatic heterocycles. The molecule has 3 aromatic rings. The smallest absolute Gasteiger partial charge is 0.363 e. The van der Waals surface area contributed by atoms with Gasteiger partial charge in [0.25, 0.3) is 5.91 Å². The highest BCUT2D eigenvalue weighted by molar-refractivity contribution is 5.97. The molecule has 0 heterocycles. The first-order chi connectivity index (χ1) is 16.0. The maximum atomic E-state index is 12.4. The van der Waals surface area contributed by atoms with Crippen molar-refractivity contribution in [2.45, 2.75) is 0 Å². The van der Waals surface area contributed by atoms with Gasteiger partial charge in [-0.25, -0.2) is 10.3 Å². The Morgan fingerprint density at radius 1 is 0.879 bits per heavy atom. The number of para-hydroxylation sites is 1. The summed E-state index contributed by atoms with van der Waals surface area (Å²) in [5, 5.41) is 17.1. The highest BCUT2D eigenvalue weighted by Gasteiger charge is 2.18. The normalized spacial score (nSPS) is 10.5. The zero-order valence-corrected chi connectivity index (χ0v) is 18.1. The number of rotatable bonds is 8. The Hall–Kier alpha value is -4.60. The summed E-state index contributed by atoms with van der Waals surface area (Å²) in [6, 6.07) is 15.3. The van der Waals surface area contributed by atoms with Gasteiger partial charge in [0, 0.05) is 0 Å². The maximum absolute atomic E-state index is 12.4. The van der Waals surface area contributed by atoms with E-state index in [0.29, 0.717) is 28.6 Å². The predicted molar refractivity (Wildman–Crippen MR) is 119 cm³/mol. The first-order valence-corrected chi connectivity index (χ1v) is 9.58. The number of carbonyl (C=O) groups excluding carboxylic acids is 2. The number of methoxy groups -OCH3 is 3. The van der Waals surface area contributed by atoms with E-state index in [4.69, 9.17) is 19.0 Å². The van der Waals surface area contributed by atoms with Gasteiger partial charge in [0.1, 0.15) is 5.75 Å². The molecular formula is C23H21N3O7. The van der Waals surface area contributed by atoms with Crippen molar-refractivity contribution in [3.8, 4) is 23.0 Å². The van der Waals surface area contributed by atoms with Gasteiger partial charge in [-0.3, -0.25) is 4.79 Å². The van der Waals surface area contributed by atoms with E-state index in [1.807, 2.05) is 0 Å². The third-order valence-corrected chi connectivity index (χ3v) is 4.42. The molecule has 0 fully saturated rings. The fourth-order valence-electron chi connectivity index (χ4n) is 2.77. The molecule has 0 saturated heterocycles. The average Bonchev–Trinajstić information content (AvgIpc) is 2.85. The van der Waals surface area contributed by atoms with Crippen LogP contribution < -0.4 is 19.7 Å². The molecule has 0 aliphatic rings. The topological polar surface area (TPSA) is 128 Å². The van der Waals surface area contributed by atoms with Gasteiger partial charge < -0.3 is 24.2 Å². The number of aromatic hydroxyl groups is 1. The molecular weight excluding hydrogens is 430 g/mol. The summed E-state index contributed by atoms with van der Waals surface area (Å²) in [7, 11) is 4.35. The van der Waals surface area contributed by atoms with Gasteiger partial charge in [0.15, 0.2) is 11.5 Å². The van der Waals surface area contributed by atoms with E-state index in [-0.39, 0.29) is 16.9 Å². The zero-order valence-electron chi connectivity index (χ0n) is 18.1. The lowest BCUT2D eigenvalue weighted by Gasteiger charge is -2.14. The van der Waals surface area contributed by atoms with E-state index < -0.39 is 11.9 Å². The fraction of sp³-hybridized carbons (Fsp3) is 0.130. The lowest BCUT2D eigenvalue weighted by atomic mass is 10.2. The highest BCUT2D eigenvalue weighted by Crippen LogP contribution is 2.38. The molecule has 1 amide bonds. The van der Waals surface area contributed by atoms with Crippen molar-refractivity contribution in [3.05, 3.63) is 71.8 Å². The molecule has 33 heavy (non-hydrogen) atoms. The second-order valence-corrected chi connectivity index (χ2v) is 6.47. The maximum Gasteiger partial charge on any atom is 0.363 e. The number of anilines is 1. The van der Waals surface area contributed by atoms with E-state index in [1.54, 1.807) is 36.4 Å². The predicted octanol–water partition coefficient (Wildman–Crippen LogP) is 4.53. The van der Waals surface area contributed by atoms with Crippen LogP contribution in [0.4, 0.5) is 11.4 Å². The molecule has 0 aliphatic heterocycles. The summed E-state index contributed by atoms with van der Waals surface area (Å²) in [6.07, 6.45) is 0. The minimum atomic E-state index is -0.675. The van der Waals surface area contributed by atoms with Crippen LogP contribution in [0.25, 0.3) is 0 Å². The first kappa shape index (κ1) is 23.1. The summed E-state index contributed by atoms with van der Waals surface area (Å²) >= 11 is 0. The summed E-state index contributed by atoms with van der Waals surface area (Å²) in [4.78, 5) is 29.6. The van der Waals surface area contributed by atoms with Crippen LogP contribution >= 0.6 is 0 Å². The molecule has 170 valence electrons. The van der Waals surface area contributed by atoms with Crippen molar-refractivity contribution in [3.63, 3.8) is 0 Å². The van der Waals surface area contributed by atoms with Crippen LogP contribution in [0, 0.1) is 0 Å². The lowest BCUT2D eigenvalue weighted by Crippen LogP contribution is -2.11. The van der Waals surface area contributed by atoms with E-state index in [1.165, 1.54) is 45.6 Å². The van der Waals surface area contributed by atoms with Crippen molar-refractivity contribution in [1.29, 1.82) is 0 Å². The second-order valence-electron chi connectivity index (χ2n) is 6.47. The number of ether oxygens (including phenoxy) is 3. The largest absolute Gasteiger partial charge is 0.507 e. The third kappa shape index (κ3) is 5.56. The quantitative estimate of drug-likeness (QED) is 0.378. The molecule has 0 unspecified atom stereocenters. The molecule has 3 aromatic carbocycles. The highest BCUT2D eigenvalue weighted by atomic mass is 16.7. The monoisotopic (exact) mass is 451 g/mol. The van der Waals surface area contributed by atoms with Gasteiger partial charge in [-0.1, -0.05) is 12.1 Å². The first-order valence-electron chi connectivity index (χ1n) is 9.58. The summed E-state index contributed by atoms with van der Waals surface area (Å²) in [5.41, 5.74) is 3.63. The SMILES string of the molecule is COc1cc(C(=O)ONc2ccc(N=NC(=O)c3ccccc3O)cc2)cc(OC)c1OC. The van der Waals surface area contributed by atoms with Crippen molar-refractivity contribution >= 4 is 23.3 Å². The number of phenolic OH excluding ortho intramolecular Hbond substituents is 1. The van der Waals surface area contributed by atoms with Crippen LogP contribution in [-0.2, 0) is 4.84 Å². The van der Waals surface area contributed by atoms with Gasteiger partial charge in [-0.15, -0.1) is 10.2 Å². The molecule has 0 spiro atoms. The third-order valence-electron chi connectivity index (χ3n) is 4.42. The number of benzene rings is 3. The van der Waals surface area contributed by atoms with Crippen LogP contribution in [0.3, 0.4) is 0 Å². The van der Waals surface area contributed by atoms with Crippen molar-refractivity contribution < 1.29 is 33.7 Å². The fourth-order valence-corrected chi connectivity index (χ4v) is 2.77. The zero-order chi connectivity index (χ0) is 23.8. The summed E-state index contributed by atoms with van der Waals surface area (Å²) < 4.78 is 15.7. The van der Waals surface area contributed by atoms with Crippen LogP contribution in [0.2, 0.25) is 0 Å². The number of carbonyl (C=O) groups is 2. The van der Waals surface area contributed by atoms with Gasteiger partial charge in [0.05, 0.1) is 43.8 Å².